The molecule has 0 saturated carbocycles. The monoisotopic (exact) mass is 335 g/mol. The molecule has 0 aliphatic rings. The average Bonchev–Trinajstić information content (AvgIpc) is 2.46. The summed E-state index contributed by atoms with van der Waals surface area (Å²) < 4.78 is 27.3. The van der Waals surface area contributed by atoms with Crippen molar-refractivity contribution in [2.24, 2.45) is 0 Å². The number of aryl methyl sites for hydroxylation is 1. The first-order valence-electron chi connectivity index (χ1n) is 7.41. The molecule has 0 saturated heterocycles. The summed E-state index contributed by atoms with van der Waals surface area (Å²) in [6.45, 7) is 1.66. The van der Waals surface area contributed by atoms with Crippen molar-refractivity contribution < 1.29 is 18.7 Å². The summed E-state index contributed by atoms with van der Waals surface area (Å²) in [4.78, 5) is 17.6. The number of aliphatic hydroxyl groups is 1. The molecule has 128 valence electrons. The second-order valence-electron chi connectivity index (χ2n) is 5.56. The fourth-order valence-electron chi connectivity index (χ4n) is 2.32. The van der Waals surface area contributed by atoms with Crippen molar-refractivity contribution in [2.45, 2.75) is 13.0 Å². The third kappa shape index (κ3) is 4.81. The topological polar surface area (TPSA) is 65.5 Å². The van der Waals surface area contributed by atoms with E-state index in [1.807, 2.05) is 0 Å². The number of carbonyl (C=O) groups excluding carboxylic acids is 1. The number of likely N-dealkylation sites (N-methyl/N-ethyl adjacent to an activating group) is 1. The maximum atomic E-state index is 13.6. The van der Waals surface area contributed by atoms with Gasteiger partial charge in [-0.15, -0.1) is 0 Å². The Labute approximate surface area is 138 Å². The fraction of sp³-hybridized carbons (Fsp3) is 0.294. The van der Waals surface area contributed by atoms with Gasteiger partial charge in [0.15, 0.2) is 0 Å². The molecule has 1 heterocycles. The lowest BCUT2D eigenvalue weighted by Gasteiger charge is -2.21. The number of pyridine rings is 1. The number of aliphatic hydroxyl groups excluding tert-OH is 1. The molecule has 0 radical (unpaired) electrons. The summed E-state index contributed by atoms with van der Waals surface area (Å²) in [5.74, 6) is -1.54. The van der Waals surface area contributed by atoms with E-state index in [9.17, 15) is 18.7 Å². The molecule has 5 nitrogen and oxygen atoms in total. The SMILES string of the molecule is Cc1cccc(NC(=O)CN(C)CC(O)c2c(F)cccc2F)n1. The number of benzene rings is 1. The molecule has 2 N–H and O–H groups in total. The Morgan fingerprint density at radius 2 is 1.88 bits per heavy atom. The molecule has 0 bridgehead atoms. The standard InChI is InChI=1S/C17H19F2N3O2/c1-11-5-3-8-15(20-11)21-16(24)10-22(2)9-14(23)17-12(18)6-4-7-13(17)19/h3-8,14,23H,9-10H2,1-2H3,(H,20,21,24). The van der Waals surface area contributed by atoms with Crippen LogP contribution in [-0.2, 0) is 4.79 Å². The quantitative estimate of drug-likeness (QED) is 0.850. The molecule has 1 unspecified atom stereocenters. The number of rotatable bonds is 6. The lowest BCUT2D eigenvalue weighted by atomic mass is 10.1. The molecule has 24 heavy (non-hydrogen) atoms. The van der Waals surface area contributed by atoms with E-state index in [1.54, 1.807) is 32.2 Å². The van der Waals surface area contributed by atoms with Gasteiger partial charge >= 0.3 is 0 Å². The van der Waals surface area contributed by atoms with Crippen molar-refractivity contribution in [3.8, 4) is 0 Å². The minimum absolute atomic E-state index is 0.0528. The van der Waals surface area contributed by atoms with E-state index >= 15 is 0 Å². The Kier molecular flexibility index (Phi) is 5.94. The molecule has 1 aromatic carbocycles. The average molecular weight is 335 g/mol. The first-order chi connectivity index (χ1) is 11.4. The van der Waals surface area contributed by atoms with Gasteiger partial charge in [-0.3, -0.25) is 9.69 Å². The van der Waals surface area contributed by atoms with Crippen molar-refractivity contribution in [1.29, 1.82) is 0 Å². The zero-order valence-electron chi connectivity index (χ0n) is 13.5. The van der Waals surface area contributed by atoms with E-state index in [4.69, 9.17) is 0 Å². The first kappa shape index (κ1) is 18.0. The lowest BCUT2D eigenvalue weighted by molar-refractivity contribution is -0.117. The second kappa shape index (κ2) is 7.94. The number of hydrogen-bond donors (Lipinski definition) is 2. The van der Waals surface area contributed by atoms with Gasteiger partial charge in [0.25, 0.3) is 0 Å². The molecular formula is C17H19F2N3O2. The molecule has 0 spiro atoms. The summed E-state index contributed by atoms with van der Waals surface area (Å²) in [7, 11) is 1.57. The molecule has 2 aromatic rings. The van der Waals surface area contributed by atoms with Crippen molar-refractivity contribution in [2.75, 3.05) is 25.5 Å². The molecule has 1 aromatic heterocycles. The number of anilines is 1. The van der Waals surface area contributed by atoms with Crippen LogP contribution in [0.5, 0.6) is 0 Å². The molecule has 1 amide bonds. The number of carbonyl (C=O) groups is 1. The van der Waals surface area contributed by atoms with E-state index in [-0.39, 0.29) is 19.0 Å². The number of aromatic nitrogens is 1. The van der Waals surface area contributed by atoms with E-state index in [1.165, 1.54) is 11.0 Å². The van der Waals surface area contributed by atoms with Gasteiger partial charge in [0.1, 0.15) is 17.5 Å². The first-order valence-corrected chi connectivity index (χ1v) is 7.41. The number of amides is 1. The van der Waals surface area contributed by atoms with Crippen LogP contribution in [-0.4, -0.2) is 41.0 Å². The highest BCUT2D eigenvalue weighted by Crippen LogP contribution is 2.21. The zero-order valence-corrected chi connectivity index (χ0v) is 13.5. The van der Waals surface area contributed by atoms with Gasteiger partial charge in [0.05, 0.1) is 18.2 Å². The normalized spacial score (nSPS) is 12.2. The molecule has 7 heteroatoms. The predicted molar refractivity (Wildman–Crippen MR) is 86.4 cm³/mol. The Morgan fingerprint density at radius 1 is 1.25 bits per heavy atom. The van der Waals surface area contributed by atoms with Crippen LogP contribution in [0.1, 0.15) is 17.4 Å². The molecule has 0 aliphatic carbocycles. The molecule has 0 aliphatic heterocycles. The van der Waals surface area contributed by atoms with Crippen LogP contribution in [0, 0.1) is 18.6 Å². The predicted octanol–water partition coefficient (Wildman–Crippen LogP) is 2.27. The van der Waals surface area contributed by atoms with Crippen molar-refractivity contribution in [3.63, 3.8) is 0 Å². The third-order valence-electron chi connectivity index (χ3n) is 3.39. The number of halogens is 2. The van der Waals surface area contributed by atoms with Crippen LogP contribution in [0.4, 0.5) is 14.6 Å². The highest BCUT2D eigenvalue weighted by Gasteiger charge is 2.20. The Bertz CT molecular complexity index is 704. The minimum Gasteiger partial charge on any atom is -0.387 e. The molecule has 1 atom stereocenters. The van der Waals surface area contributed by atoms with Gasteiger partial charge in [-0.25, -0.2) is 13.8 Å². The Balaban J connectivity index is 1.92. The van der Waals surface area contributed by atoms with Gasteiger partial charge in [-0.05, 0) is 38.2 Å². The van der Waals surface area contributed by atoms with Gasteiger partial charge < -0.3 is 10.4 Å². The van der Waals surface area contributed by atoms with Crippen LogP contribution in [0.15, 0.2) is 36.4 Å². The van der Waals surface area contributed by atoms with E-state index < -0.39 is 23.3 Å². The van der Waals surface area contributed by atoms with Crippen molar-refractivity contribution >= 4 is 11.7 Å². The smallest absolute Gasteiger partial charge is 0.239 e. The molecular weight excluding hydrogens is 316 g/mol. The molecule has 0 fully saturated rings. The maximum absolute atomic E-state index is 13.6. The van der Waals surface area contributed by atoms with Gasteiger partial charge in [0, 0.05) is 12.2 Å². The van der Waals surface area contributed by atoms with E-state index in [0.29, 0.717) is 5.82 Å². The van der Waals surface area contributed by atoms with Crippen molar-refractivity contribution in [3.05, 3.63) is 59.3 Å². The van der Waals surface area contributed by atoms with Gasteiger partial charge in [-0.2, -0.15) is 0 Å². The Hall–Kier alpha value is -2.38. The summed E-state index contributed by atoms with van der Waals surface area (Å²) in [6.07, 6.45) is -1.37. The van der Waals surface area contributed by atoms with E-state index in [0.717, 1.165) is 17.8 Å². The van der Waals surface area contributed by atoms with Gasteiger partial charge in [-0.1, -0.05) is 12.1 Å². The lowest BCUT2D eigenvalue weighted by Crippen LogP contribution is -2.33. The second-order valence-corrected chi connectivity index (χ2v) is 5.56. The minimum atomic E-state index is -1.37. The summed E-state index contributed by atoms with van der Waals surface area (Å²) in [5, 5.41) is 12.7. The molecule has 2 rings (SSSR count). The highest BCUT2D eigenvalue weighted by atomic mass is 19.1. The highest BCUT2D eigenvalue weighted by molar-refractivity contribution is 5.91. The Morgan fingerprint density at radius 3 is 2.50 bits per heavy atom. The van der Waals surface area contributed by atoms with Crippen molar-refractivity contribution in [1.82, 2.24) is 9.88 Å². The summed E-state index contributed by atoms with van der Waals surface area (Å²) in [5.41, 5.74) is 0.372. The number of nitrogens with zero attached hydrogens (tertiary/aromatic N) is 2. The zero-order chi connectivity index (χ0) is 17.7. The maximum Gasteiger partial charge on any atom is 0.239 e. The number of hydrogen-bond acceptors (Lipinski definition) is 4. The van der Waals surface area contributed by atoms with Crippen LogP contribution in [0.25, 0.3) is 0 Å². The summed E-state index contributed by atoms with van der Waals surface area (Å²) in [6, 6.07) is 8.63. The third-order valence-corrected chi connectivity index (χ3v) is 3.39. The van der Waals surface area contributed by atoms with Crippen LogP contribution >= 0.6 is 0 Å². The van der Waals surface area contributed by atoms with E-state index in [2.05, 4.69) is 10.3 Å². The summed E-state index contributed by atoms with van der Waals surface area (Å²) >= 11 is 0. The largest absolute Gasteiger partial charge is 0.387 e. The van der Waals surface area contributed by atoms with Gasteiger partial charge in [0.2, 0.25) is 5.91 Å². The fourth-order valence-corrected chi connectivity index (χ4v) is 2.32. The van der Waals surface area contributed by atoms with Crippen LogP contribution in [0.3, 0.4) is 0 Å². The van der Waals surface area contributed by atoms with Crippen LogP contribution in [0.2, 0.25) is 0 Å². The number of nitrogens with one attached hydrogen (secondary N) is 1. The van der Waals surface area contributed by atoms with Crippen LogP contribution < -0.4 is 5.32 Å².